The zero-order chi connectivity index (χ0) is 7.72. The Morgan fingerprint density at radius 2 is 2.20 bits per heavy atom. The minimum Gasteiger partial charge on any atom is -0.478 e. The Hall–Kier alpha value is -0.970. The van der Waals surface area contributed by atoms with Crippen molar-refractivity contribution in [3.8, 4) is 0 Å². The normalized spacial score (nSPS) is 9.80. The molecule has 1 N–H and O–H groups in total. The fourth-order valence-corrected chi connectivity index (χ4v) is 1.10. The number of carboxylic acid groups (broad SMARTS) is 1. The van der Waals surface area contributed by atoms with Crippen LogP contribution >= 0.6 is 11.3 Å². The van der Waals surface area contributed by atoms with Crippen LogP contribution in [0.4, 0.5) is 8.78 Å². The minimum atomic E-state index is -1.45. The molecule has 1 rings (SSSR count). The summed E-state index contributed by atoms with van der Waals surface area (Å²) in [5.74, 6) is -2.73. The Morgan fingerprint density at radius 1 is 1.60 bits per heavy atom. The van der Waals surface area contributed by atoms with Gasteiger partial charge in [0, 0.05) is 5.38 Å². The summed E-state index contributed by atoms with van der Waals surface area (Å²) in [6.45, 7) is 0. The molecule has 1 heterocycles. The van der Waals surface area contributed by atoms with Crippen molar-refractivity contribution < 1.29 is 18.7 Å². The molecule has 54 valence electrons. The molecule has 0 fully saturated rings. The largest absolute Gasteiger partial charge is 0.478 e. The molecule has 0 bridgehead atoms. The third kappa shape index (κ3) is 0.995. The topological polar surface area (TPSA) is 37.3 Å². The fraction of sp³-hybridized carbons (Fsp3) is 0. The number of thiophene rings is 1. The van der Waals surface area contributed by atoms with Crippen LogP contribution in [-0.4, -0.2) is 11.1 Å². The van der Waals surface area contributed by atoms with Gasteiger partial charge in [-0.2, -0.15) is 4.39 Å². The van der Waals surface area contributed by atoms with Crippen LogP contribution in [0.15, 0.2) is 5.38 Å². The first kappa shape index (κ1) is 7.14. The van der Waals surface area contributed by atoms with Gasteiger partial charge >= 0.3 is 5.97 Å². The third-order valence-electron chi connectivity index (χ3n) is 0.920. The van der Waals surface area contributed by atoms with Gasteiger partial charge in [-0.3, -0.25) is 0 Å². The predicted octanol–water partition coefficient (Wildman–Crippen LogP) is 1.72. The molecule has 0 amide bonds. The number of halogens is 2. The molecule has 0 aliphatic rings. The molecule has 0 aliphatic heterocycles. The van der Waals surface area contributed by atoms with E-state index in [-0.39, 0.29) is 0 Å². The number of carbonyl (C=O) groups is 1. The van der Waals surface area contributed by atoms with E-state index in [1.165, 1.54) is 0 Å². The molecular weight excluding hydrogens is 162 g/mol. The van der Waals surface area contributed by atoms with Gasteiger partial charge in [0.1, 0.15) is 5.56 Å². The number of hydrogen-bond donors (Lipinski definition) is 1. The Balaban J connectivity index is 3.17. The Labute approximate surface area is 58.7 Å². The van der Waals surface area contributed by atoms with Crippen LogP contribution in [0.3, 0.4) is 0 Å². The maximum absolute atomic E-state index is 12.3. The van der Waals surface area contributed by atoms with Gasteiger partial charge in [-0.25, -0.2) is 9.18 Å². The van der Waals surface area contributed by atoms with Crippen molar-refractivity contribution in [2.75, 3.05) is 0 Å². The molecule has 0 aromatic carbocycles. The van der Waals surface area contributed by atoms with E-state index in [0.717, 1.165) is 5.38 Å². The molecule has 1 aromatic rings. The van der Waals surface area contributed by atoms with Gasteiger partial charge in [0.05, 0.1) is 0 Å². The summed E-state index contributed by atoms with van der Waals surface area (Å²) in [7, 11) is 0. The van der Waals surface area contributed by atoms with Crippen LogP contribution in [0.2, 0.25) is 0 Å². The summed E-state index contributed by atoms with van der Waals surface area (Å²) in [4.78, 5) is 10.0. The van der Waals surface area contributed by atoms with Crippen molar-refractivity contribution in [3.05, 3.63) is 21.9 Å². The molecule has 0 radical (unpaired) electrons. The van der Waals surface area contributed by atoms with Gasteiger partial charge in [0.2, 0.25) is 5.13 Å². The molecule has 10 heavy (non-hydrogen) atoms. The molecule has 0 atom stereocenters. The molecule has 5 heteroatoms. The van der Waals surface area contributed by atoms with E-state index in [1.807, 2.05) is 0 Å². The summed E-state index contributed by atoms with van der Waals surface area (Å²) in [6.07, 6.45) is 0. The van der Waals surface area contributed by atoms with Crippen LogP contribution < -0.4 is 0 Å². The van der Waals surface area contributed by atoms with E-state index < -0.39 is 22.5 Å². The molecule has 1 aromatic heterocycles. The van der Waals surface area contributed by atoms with Gasteiger partial charge in [-0.1, -0.05) is 0 Å². The van der Waals surface area contributed by atoms with Crippen molar-refractivity contribution in [1.82, 2.24) is 0 Å². The van der Waals surface area contributed by atoms with Gasteiger partial charge in [-0.15, -0.1) is 11.3 Å². The highest BCUT2D eigenvalue weighted by Crippen LogP contribution is 2.18. The maximum Gasteiger partial charge on any atom is 0.339 e. The second-order valence-electron chi connectivity index (χ2n) is 1.54. The van der Waals surface area contributed by atoms with Crippen molar-refractivity contribution in [2.24, 2.45) is 0 Å². The highest BCUT2D eigenvalue weighted by molar-refractivity contribution is 7.08. The second kappa shape index (κ2) is 2.34. The van der Waals surface area contributed by atoms with Gasteiger partial charge in [0.25, 0.3) is 0 Å². The SMILES string of the molecule is O=C(O)c1csc(F)c1F. The lowest BCUT2D eigenvalue weighted by Crippen LogP contribution is -1.96. The van der Waals surface area contributed by atoms with Crippen molar-refractivity contribution in [2.45, 2.75) is 0 Å². The molecular formula is C5H2F2O2S. The van der Waals surface area contributed by atoms with Gasteiger partial charge in [-0.05, 0) is 0 Å². The summed E-state index contributed by atoms with van der Waals surface area (Å²) < 4.78 is 24.3. The van der Waals surface area contributed by atoms with Crippen LogP contribution in [0, 0.1) is 10.9 Å². The first-order chi connectivity index (χ1) is 4.63. The van der Waals surface area contributed by atoms with E-state index in [2.05, 4.69) is 0 Å². The number of hydrogen-bond acceptors (Lipinski definition) is 2. The van der Waals surface area contributed by atoms with E-state index >= 15 is 0 Å². The Morgan fingerprint density at radius 3 is 2.40 bits per heavy atom. The molecule has 0 unspecified atom stereocenters. The average Bonchev–Trinajstić information content (AvgIpc) is 2.14. The predicted molar refractivity (Wildman–Crippen MR) is 31.2 cm³/mol. The van der Waals surface area contributed by atoms with E-state index in [4.69, 9.17) is 5.11 Å². The number of carboxylic acids is 1. The zero-order valence-corrected chi connectivity index (χ0v) is 5.41. The Bertz CT molecular complexity index is 269. The van der Waals surface area contributed by atoms with Gasteiger partial charge < -0.3 is 5.11 Å². The summed E-state index contributed by atoms with van der Waals surface area (Å²) in [6, 6.07) is 0. The quantitative estimate of drug-likeness (QED) is 0.686. The maximum atomic E-state index is 12.3. The fourth-order valence-electron chi connectivity index (χ4n) is 0.464. The van der Waals surface area contributed by atoms with E-state index in [0.29, 0.717) is 11.3 Å². The lowest BCUT2D eigenvalue weighted by molar-refractivity contribution is 0.0692. The van der Waals surface area contributed by atoms with E-state index in [9.17, 15) is 13.6 Å². The van der Waals surface area contributed by atoms with Crippen molar-refractivity contribution in [3.63, 3.8) is 0 Å². The summed E-state index contributed by atoms with van der Waals surface area (Å²) >= 11 is 0.437. The first-order valence-electron chi connectivity index (χ1n) is 2.28. The smallest absolute Gasteiger partial charge is 0.339 e. The minimum absolute atomic E-state index is 0.437. The lowest BCUT2D eigenvalue weighted by Gasteiger charge is -1.84. The van der Waals surface area contributed by atoms with Crippen molar-refractivity contribution >= 4 is 17.3 Å². The van der Waals surface area contributed by atoms with Gasteiger partial charge in [0.15, 0.2) is 5.82 Å². The highest BCUT2D eigenvalue weighted by atomic mass is 32.1. The molecule has 2 nitrogen and oxygen atoms in total. The third-order valence-corrected chi connectivity index (χ3v) is 1.66. The molecule has 0 aliphatic carbocycles. The van der Waals surface area contributed by atoms with E-state index in [1.54, 1.807) is 0 Å². The molecule has 0 spiro atoms. The van der Waals surface area contributed by atoms with Crippen LogP contribution in [0.5, 0.6) is 0 Å². The van der Waals surface area contributed by atoms with Crippen LogP contribution in [0.25, 0.3) is 0 Å². The Kier molecular flexibility index (Phi) is 1.67. The summed E-state index contributed by atoms with van der Waals surface area (Å²) in [5, 5.41) is 8.02. The average molecular weight is 164 g/mol. The first-order valence-corrected chi connectivity index (χ1v) is 3.16. The number of rotatable bonds is 1. The highest BCUT2D eigenvalue weighted by Gasteiger charge is 2.16. The number of aromatic carboxylic acids is 1. The van der Waals surface area contributed by atoms with Crippen molar-refractivity contribution in [1.29, 1.82) is 0 Å². The standard InChI is InChI=1S/C5H2F2O2S/c6-3-2(5(8)9)1-10-4(3)7/h1H,(H,8,9). The monoisotopic (exact) mass is 164 g/mol. The zero-order valence-electron chi connectivity index (χ0n) is 4.60. The van der Waals surface area contributed by atoms with Crippen LogP contribution in [0.1, 0.15) is 10.4 Å². The molecule has 0 saturated carbocycles. The second-order valence-corrected chi connectivity index (χ2v) is 2.37. The van der Waals surface area contributed by atoms with Crippen LogP contribution in [-0.2, 0) is 0 Å². The summed E-state index contributed by atoms with van der Waals surface area (Å²) in [5.41, 5.74) is -0.609. The lowest BCUT2D eigenvalue weighted by atomic mass is 10.3. The molecule has 0 saturated heterocycles.